The Balaban J connectivity index is 1.92. The molecule has 1 saturated carbocycles. The minimum Gasteiger partial charge on any atom is -0.305 e. The van der Waals surface area contributed by atoms with Crippen molar-refractivity contribution in [2.45, 2.75) is 70.0 Å². The molecule has 5 nitrogen and oxygen atoms in total. The Hall–Kier alpha value is -0.940. The highest BCUT2D eigenvalue weighted by Crippen LogP contribution is 2.26. The lowest BCUT2D eigenvalue weighted by atomic mass is 10.1. The fourth-order valence-corrected chi connectivity index (χ4v) is 3.21. The maximum Gasteiger partial charge on any atom is 0.247 e. The average molecular weight is 295 g/mol. The fourth-order valence-electron chi connectivity index (χ4n) is 3.21. The molecule has 0 aromatic heterocycles. The summed E-state index contributed by atoms with van der Waals surface area (Å²) in [6, 6.07) is 0.175. The number of amides is 2. The van der Waals surface area contributed by atoms with Gasteiger partial charge in [0.1, 0.15) is 0 Å². The van der Waals surface area contributed by atoms with Gasteiger partial charge in [0.15, 0.2) is 0 Å². The second-order valence-electron chi connectivity index (χ2n) is 6.72. The first-order valence-corrected chi connectivity index (χ1v) is 8.26. The van der Waals surface area contributed by atoms with Gasteiger partial charge in [0.25, 0.3) is 0 Å². The monoisotopic (exact) mass is 295 g/mol. The molecule has 2 atom stereocenters. The van der Waals surface area contributed by atoms with Gasteiger partial charge in [0.05, 0.1) is 12.5 Å². The zero-order valence-corrected chi connectivity index (χ0v) is 13.6. The Morgan fingerprint density at radius 3 is 2.38 bits per heavy atom. The zero-order valence-electron chi connectivity index (χ0n) is 13.6. The molecule has 2 rings (SSSR count). The SMILES string of the molecule is CC(CNC1CC(=O)N(C2CCCCCC2)C1=O)N(C)C. The van der Waals surface area contributed by atoms with E-state index in [4.69, 9.17) is 0 Å². The van der Waals surface area contributed by atoms with Gasteiger partial charge >= 0.3 is 0 Å². The number of hydrogen-bond acceptors (Lipinski definition) is 4. The van der Waals surface area contributed by atoms with Crippen molar-refractivity contribution in [3.63, 3.8) is 0 Å². The lowest BCUT2D eigenvalue weighted by Gasteiger charge is -2.26. The van der Waals surface area contributed by atoms with Crippen LogP contribution in [0.25, 0.3) is 0 Å². The topological polar surface area (TPSA) is 52.7 Å². The van der Waals surface area contributed by atoms with E-state index in [0.29, 0.717) is 12.5 Å². The molecule has 1 saturated heterocycles. The molecule has 1 aliphatic carbocycles. The van der Waals surface area contributed by atoms with Gasteiger partial charge in [0, 0.05) is 18.6 Å². The number of likely N-dealkylation sites (tertiary alicyclic amines) is 1. The number of hydrogen-bond donors (Lipinski definition) is 1. The first-order valence-electron chi connectivity index (χ1n) is 8.26. The molecule has 0 aromatic carbocycles. The van der Waals surface area contributed by atoms with Gasteiger partial charge in [0.2, 0.25) is 11.8 Å². The van der Waals surface area contributed by atoms with E-state index < -0.39 is 0 Å². The van der Waals surface area contributed by atoms with Gasteiger partial charge in [-0.2, -0.15) is 0 Å². The van der Waals surface area contributed by atoms with E-state index in [9.17, 15) is 9.59 Å². The van der Waals surface area contributed by atoms with Gasteiger partial charge in [-0.1, -0.05) is 25.7 Å². The van der Waals surface area contributed by atoms with E-state index in [1.165, 1.54) is 12.8 Å². The van der Waals surface area contributed by atoms with E-state index in [1.807, 2.05) is 14.1 Å². The molecular formula is C16H29N3O2. The molecule has 2 aliphatic rings. The molecule has 1 heterocycles. The second kappa shape index (κ2) is 7.36. The molecule has 0 bridgehead atoms. The standard InChI is InChI=1S/C16H29N3O2/c1-12(18(2)3)11-17-14-10-15(20)19(16(14)21)13-8-6-4-5-7-9-13/h12-14,17H,4-11H2,1-3H3. The molecule has 0 aromatic rings. The number of nitrogens with zero attached hydrogens (tertiary/aromatic N) is 2. The van der Waals surface area contributed by atoms with Crippen LogP contribution in [0.3, 0.4) is 0 Å². The van der Waals surface area contributed by atoms with Crippen LogP contribution < -0.4 is 5.32 Å². The van der Waals surface area contributed by atoms with Crippen molar-refractivity contribution in [2.75, 3.05) is 20.6 Å². The van der Waals surface area contributed by atoms with Crippen molar-refractivity contribution in [1.29, 1.82) is 0 Å². The summed E-state index contributed by atoms with van der Waals surface area (Å²) in [5.74, 6) is 0.0137. The smallest absolute Gasteiger partial charge is 0.247 e. The maximum absolute atomic E-state index is 12.5. The predicted molar refractivity (Wildman–Crippen MR) is 82.9 cm³/mol. The Bertz CT molecular complexity index is 376. The van der Waals surface area contributed by atoms with E-state index in [2.05, 4.69) is 17.1 Å². The Kier molecular flexibility index (Phi) is 5.76. The molecule has 21 heavy (non-hydrogen) atoms. The van der Waals surface area contributed by atoms with Gasteiger partial charge < -0.3 is 10.2 Å². The predicted octanol–water partition coefficient (Wildman–Crippen LogP) is 1.38. The van der Waals surface area contributed by atoms with Gasteiger partial charge in [-0.05, 0) is 33.9 Å². The summed E-state index contributed by atoms with van der Waals surface area (Å²) in [4.78, 5) is 28.5. The number of imide groups is 1. The van der Waals surface area contributed by atoms with Crippen LogP contribution in [0.1, 0.15) is 51.9 Å². The molecule has 0 spiro atoms. The zero-order chi connectivity index (χ0) is 15.4. The van der Waals surface area contributed by atoms with E-state index in [-0.39, 0.29) is 23.9 Å². The summed E-state index contributed by atoms with van der Waals surface area (Å²) in [6.07, 6.45) is 7.03. The first kappa shape index (κ1) is 16.4. The summed E-state index contributed by atoms with van der Waals surface area (Å²) in [6.45, 7) is 2.84. The van der Waals surface area contributed by atoms with Crippen LogP contribution in [0.5, 0.6) is 0 Å². The third-order valence-corrected chi connectivity index (χ3v) is 4.91. The van der Waals surface area contributed by atoms with Crippen molar-refractivity contribution < 1.29 is 9.59 Å². The Labute approximate surface area is 128 Å². The highest BCUT2D eigenvalue weighted by atomic mass is 16.2. The first-order chi connectivity index (χ1) is 10.0. The highest BCUT2D eigenvalue weighted by Gasteiger charge is 2.42. The van der Waals surface area contributed by atoms with Crippen molar-refractivity contribution in [1.82, 2.24) is 15.1 Å². The summed E-state index contributed by atoms with van der Waals surface area (Å²) >= 11 is 0. The quantitative estimate of drug-likeness (QED) is 0.615. The van der Waals surface area contributed by atoms with Crippen molar-refractivity contribution in [2.24, 2.45) is 0 Å². The maximum atomic E-state index is 12.5. The van der Waals surface area contributed by atoms with Crippen LogP contribution in [0.2, 0.25) is 0 Å². The summed E-state index contributed by atoms with van der Waals surface area (Å²) in [7, 11) is 4.04. The number of carbonyl (C=O) groups is 2. The Morgan fingerprint density at radius 1 is 1.19 bits per heavy atom. The van der Waals surface area contributed by atoms with Gasteiger partial charge in [-0.3, -0.25) is 14.5 Å². The van der Waals surface area contributed by atoms with Crippen LogP contribution in [0.4, 0.5) is 0 Å². The van der Waals surface area contributed by atoms with E-state index in [1.54, 1.807) is 4.90 Å². The minimum atomic E-state index is -0.317. The molecule has 2 unspecified atom stereocenters. The number of nitrogens with one attached hydrogen (secondary N) is 1. The minimum absolute atomic E-state index is 0.00199. The van der Waals surface area contributed by atoms with Gasteiger partial charge in [-0.25, -0.2) is 0 Å². The molecule has 5 heteroatoms. The molecule has 0 radical (unpaired) electrons. The largest absolute Gasteiger partial charge is 0.305 e. The van der Waals surface area contributed by atoms with Crippen LogP contribution in [0.15, 0.2) is 0 Å². The average Bonchev–Trinajstić information content (AvgIpc) is 2.63. The lowest BCUT2D eigenvalue weighted by molar-refractivity contribution is -0.141. The third kappa shape index (κ3) is 4.04. The third-order valence-electron chi connectivity index (χ3n) is 4.91. The molecule has 120 valence electrons. The normalized spacial score (nSPS) is 26.5. The van der Waals surface area contributed by atoms with Crippen LogP contribution in [-0.2, 0) is 9.59 Å². The number of likely N-dealkylation sites (N-methyl/N-ethyl adjacent to an activating group) is 1. The van der Waals surface area contributed by atoms with Crippen molar-refractivity contribution in [3.05, 3.63) is 0 Å². The second-order valence-corrected chi connectivity index (χ2v) is 6.72. The molecule has 2 fully saturated rings. The van der Waals surface area contributed by atoms with Crippen molar-refractivity contribution >= 4 is 11.8 Å². The summed E-state index contributed by atoms with van der Waals surface area (Å²) < 4.78 is 0. The van der Waals surface area contributed by atoms with Gasteiger partial charge in [-0.15, -0.1) is 0 Å². The molecule has 2 amide bonds. The highest BCUT2D eigenvalue weighted by molar-refractivity contribution is 6.05. The van der Waals surface area contributed by atoms with Crippen molar-refractivity contribution in [3.8, 4) is 0 Å². The van der Waals surface area contributed by atoms with E-state index >= 15 is 0 Å². The summed E-state index contributed by atoms with van der Waals surface area (Å²) in [5.41, 5.74) is 0. The van der Waals surface area contributed by atoms with Crippen LogP contribution in [-0.4, -0.2) is 60.4 Å². The number of rotatable bonds is 5. The van der Waals surface area contributed by atoms with Crippen LogP contribution >= 0.6 is 0 Å². The summed E-state index contributed by atoms with van der Waals surface area (Å²) in [5, 5.41) is 3.27. The Morgan fingerprint density at radius 2 is 1.81 bits per heavy atom. The molecule has 1 aliphatic heterocycles. The van der Waals surface area contributed by atoms with E-state index in [0.717, 1.165) is 32.2 Å². The fraction of sp³-hybridized carbons (Fsp3) is 0.875. The van der Waals surface area contributed by atoms with Crippen LogP contribution in [0, 0.1) is 0 Å². The molecular weight excluding hydrogens is 266 g/mol. The molecule has 1 N–H and O–H groups in total. The lowest BCUT2D eigenvalue weighted by Crippen LogP contribution is -2.46. The number of carbonyl (C=O) groups excluding carboxylic acids is 2.